The van der Waals surface area contributed by atoms with E-state index in [-0.39, 0.29) is 22.9 Å². The molecule has 25 heavy (non-hydrogen) atoms. The van der Waals surface area contributed by atoms with Crippen molar-refractivity contribution in [3.05, 3.63) is 54.1 Å². The summed E-state index contributed by atoms with van der Waals surface area (Å²) in [7, 11) is -4.09. The topological polar surface area (TPSA) is 98.5 Å². The Balaban J connectivity index is 2.18. The number of ether oxygens (including phenoxy) is 1. The van der Waals surface area contributed by atoms with E-state index in [9.17, 15) is 26.4 Å². The van der Waals surface area contributed by atoms with Crippen LogP contribution in [-0.4, -0.2) is 20.9 Å². The maximum atomic E-state index is 12.7. The molecular weight excluding hydrogens is 361 g/mol. The van der Waals surface area contributed by atoms with Crippen LogP contribution in [0.5, 0.6) is 5.75 Å². The quantitative estimate of drug-likeness (QED) is 0.811. The highest BCUT2D eigenvalue weighted by atomic mass is 32.2. The first-order valence-electron chi connectivity index (χ1n) is 6.79. The maximum absolute atomic E-state index is 12.7. The smallest absolute Gasteiger partial charge is 0.416 e. The number of alkyl halides is 3. The largest absolute Gasteiger partial charge is 0.484 e. The van der Waals surface area contributed by atoms with E-state index in [2.05, 4.69) is 4.72 Å². The van der Waals surface area contributed by atoms with Gasteiger partial charge in [-0.2, -0.15) is 13.2 Å². The summed E-state index contributed by atoms with van der Waals surface area (Å²) >= 11 is 0. The molecular formula is C15H13F3N2O4S. The van der Waals surface area contributed by atoms with E-state index in [0.29, 0.717) is 6.07 Å². The Bertz CT molecular complexity index is 865. The average Bonchev–Trinajstić information content (AvgIpc) is 2.52. The van der Waals surface area contributed by atoms with Gasteiger partial charge in [0.2, 0.25) is 0 Å². The molecule has 6 nitrogen and oxygen atoms in total. The van der Waals surface area contributed by atoms with E-state index in [1.807, 2.05) is 0 Å². The Morgan fingerprint density at radius 1 is 1.12 bits per heavy atom. The van der Waals surface area contributed by atoms with Crippen LogP contribution in [0.15, 0.2) is 53.4 Å². The van der Waals surface area contributed by atoms with Gasteiger partial charge in [0.25, 0.3) is 15.9 Å². The van der Waals surface area contributed by atoms with Crippen molar-refractivity contribution in [2.75, 3.05) is 11.3 Å². The van der Waals surface area contributed by atoms with Gasteiger partial charge in [0.15, 0.2) is 6.61 Å². The van der Waals surface area contributed by atoms with Crippen LogP contribution in [0.25, 0.3) is 0 Å². The van der Waals surface area contributed by atoms with Gasteiger partial charge in [-0.15, -0.1) is 0 Å². The molecule has 3 N–H and O–H groups in total. The highest BCUT2D eigenvalue weighted by Crippen LogP contribution is 2.31. The molecule has 0 saturated carbocycles. The lowest BCUT2D eigenvalue weighted by molar-refractivity contribution is -0.137. The van der Waals surface area contributed by atoms with Crippen LogP contribution < -0.4 is 15.2 Å². The van der Waals surface area contributed by atoms with Gasteiger partial charge in [-0.05, 0) is 42.5 Å². The fourth-order valence-electron chi connectivity index (χ4n) is 1.84. The van der Waals surface area contributed by atoms with Crippen LogP contribution in [0.3, 0.4) is 0 Å². The van der Waals surface area contributed by atoms with Crippen molar-refractivity contribution in [3.8, 4) is 5.75 Å². The second-order valence-electron chi connectivity index (χ2n) is 4.91. The fourth-order valence-corrected chi connectivity index (χ4v) is 2.89. The van der Waals surface area contributed by atoms with E-state index >= 15 is 0 Å². The summed E-state index contributed by atoms with van der Waals surface area (Å²) in [5, 5.41) is 0. The Labute approximate surface area is 141 Å². The molecule has 0 atom stereocenters. The van der Waals surface area contributed by atoms with E-state index in [1.165, 1.54) is 30.3 Å². The summed E-state index contributed by atoms with van der Waals surface area (Å²) in [6, 6.07) is 8.80. The molecule has 134 valence electrons. The number of amides is 1. The van der Waals surface area contributed by atoms with Crippen LogP contribution in [0, 0.1) is 0 Å². The first kappa shape index (κ1) is 18.6. The van der Waals surface area contributed by atoms with Gasteiger partial charge in [0, 0.05) is 5.69 Å². The molecule has 0 fully saturated rings. The zero-order valence-electron chi connectivity index (χ0n) is 12.6. The number of sulfonamides is 1. The molecule has 0 aliphatic carbocycles. The van der Waals surface area contributed by atoms with Crippen molar-refractivity contribution in [1.29, 1.82) is 0 Å². The highest BCUT2D eigenvalue weighted by molar-refractivity contribution is 7.92. The summed E-state index contributed by atoms with van der Waals surface area (Å²) in [4.78, 5) is 10.4. The van der Waals surface area contributed by atoms with Gasteiger partial charge in [0.05, 0.1) is 10.5 Å². The molecule has 1 amide bonds. The van der Waals surface area contributed by atoms with Gasteiger partial charge >= 0.3 is 6.18 Å². The normalized spacial score (nSPS) is 11.8. The van der Waals surface area contributed by atoms with Crippen LogP contribution >= 0.6 is 0 Å². The summed E-state index contributed by atoms with van der Waals surface area (Å²) in [5.74, 6) is -0.472. The van der Waals surface area contributed by atoms with Gasteiger partial charge in [-0.25, -0.2) is 8.42 Å². The fraction of sp³-hybridized carbons (Fsp3) is 0.133. The number of hydrogen-bond donors (Lipinski definition) is 2. The molecule has 2 rings (SSSR count). The number of nitrogens with one attached hydrogen (secondary N) is 1. The number of nitrogens with two attached hydrogens (primary N) is 1. The highest BCUT2D eigenvalue weighted by Gasteiger charge is 2.30. The molecule has 0 bridgehead atoms. The standard InChI is InChI=1S/C15H13F3N2O4S/c16-15(17,18)10-2-1-3-11(8-10)20-25(22,23)13-6-4-12(5-7-13)24-9-14(19)21/h1-8,20H,9H2,(H2,19,21). The Kier molecular flexibility index (Phi) is 5.21. The monoisotopic (exact) mass is 374 g/mol. The Morgan fingerprint density at radius 3 is 2.32 bits per heavy atom. The van der Waals surface area contributed by atoms with Crippen molar-refractivity contribution in [2.24, 2.45) is 5.73 Å². The number of halogens is 3. The minimum atomic E-state index is -4.58. The third-order valence-corrected chi connectivity index (χ3v) is 4.35. The minimum Gasteiger partial charge on any atom is -0.484 e. The van der Waals surface area contributed by atoms with E-state index < -0.39 is 27.7 Å². The number of anilines is 1. The van der Waals surface area contributed by atoms with Gasteiger partial charge in [0.1, 0.15) is 5.75 Å². The maximum Gasteiger partial charge on any atom is 0.416 e. The predicted octanol–water partition coefficient (Wildman–Crippen LogP) is 2.37. The molecule has 0 heterocycles. The average molecular weight is 374 g/mol. The molecule has 2 aromatic carbocycles. The Hall–Kier alpha value is -2.75. The van der Waals surface area contributed by atoms with Crippen molar-refractivity contribution in [2.45, 2.75) is 11.1 Å². The van der Waals surface area contributed by atoms with Crippen LogP contribution in [-0.2, 0) is 21.0 Å². The van der Waals surface area contributed by atoms with Crippen LogP contribution in [0.2, 0.25) is 0 Å². The molecule has 0 saturated heterocycles. The van der Waals surface area contributed by atoms with Gasteiger partial charge in [-0.3, -0.25) is 9.52 Å². The molecule has 0 aliphatic rings. The second kappa shape index (κ2) is 7.01. The summed E-state index contributed by atoms with van der Waals surface area (Å²) in [6.45, 7) is -0.366. The SMILES string of the molecule is NC(=O)COc1ccc(S(=O)(=O)Nc2cccc(C(F)(F)F)c2)cc1. The summed E-state index contributed by atoms with van der Waals surface area (Å²) < 4.78 is 69.6. The zero-order chi connectivity index (χ0) is 18.7. The van der Waals surface area contributed by atoms with Crippen molar-refractivity contribution >= 4 is 21.6 Å². The lowest BCUT2D eigenvalue weighted by atomic mass is 10.2. The first-order chi connectivity index (χ1) is 11.6. The van der Waals surface area contributed by atoms with Crippen molar-refractivity contribution in [1.82, 2.24) is 0 Å². The van der Waals surface area contributed by atoms with Crippen molar-refractivity contribution in [3.63, 3.8) is 0 Å². The molecule has 0 aromatic heterocycles. The third kappa shape index (κ3) is 5.11. The molecule has 10 heteroatoms. The first-order valence-corrected chi connectivity index (χ1v) is 8.27. The number of primary amides is 1. The lowest BCUT2D eigenvalue weighted by Gasteiger charge is -2.11. The minimum absolute atomic E-state index is 0.184. The van der Waals surface area contributed by atoms with Crippen LogP contribution in [0.1, 0.15) is 5.56 Å². The molecule has 0 spiro atoms. The van der Waals surface area contributed by atoms with E-state index in [1.54, 1.807) is 0 Å². The summed E-state index contributed by atoms with van der Waals surface area (Å²) in [5.41, 5.74) is 3.73. The molecule has 2 aromatic rings. The number of benzene rings is 2. The van der Waals surface area contributed by atoms with Gasteiger partial charge in [-0.1, -0.05) is 6.07 Å². The number of carbonyl (C=O) groups is 1. The molecule has 0 unspecified atom stereocenters. The van der Waals surface area contributed by atoms with Crippen LogP contribution in [0.4, 0.5) is 18.9 Å². The number of carbonyl (C=O) groups excluding carboxylic acids is 1. The zero-order valence-corrected chi connectivity index (χ0v) is 13.4. The van der Waals surface area contributed by atoms with E-state index in [0.717, 1.165) is 12.1 Å². The number of hydrogen-bond acceptors (Lipinski definition) is 4. The molecule has 0 aliphatic heterocycles. The lowest BCUT2D eigenvalue weighted by Crippen LogP contribution is -2.20. The van der Waals surface area contributed by atoms with Gasteiger partial charge < -0.3 is 10.5 Å². The number of rotatable bonds is 6. The van der Waals surface area contributed by atoms with E-state index in [4.69, 9.17) is 10.5 Å². The third-order valence-electron chi connectivity index (χ3n) is 2.96. The van der Waals surface area contributed by atoms with Crippen molar-refractivity contribution < 1.29 is 31.1 Å². The predicted molar refractivity (Wildman–Crippen MR) is 83.4 cm³/mol. The second-order valence-corrected chi connectivity index (χ2v) is 6.59. The Morgan fingerprint density at radius 2 is 1.76 bits per heavy atom. The summed E-state index contributed by atoms with van der Waals surface area (Å²) in [6.07, 6.45) is -4.58. The molecule has 0 radical (unpaired) electrons.